The van der Waals surface area contributed by atoms with E-state index in [1.165, 1.54) is 0 Å². The van der Waals surface area contributed by atoms with Crippen molar-refractivity contribution in [3.63, 3.8) is 0 Å². The topological polar surface area (TPSA) is 29.1 Å². The molecule has 0 rings (SSSR count). The number of hydrogen-bond acceptors (Lipinski definition) is 1. The molecule has 0 aromatic carbocycles. The molecule has 0 aromatic rings. The summed E-state index contributed by atoms with van der Waals surface area (Å²) in [5.41, 5.74) is 0. The van der Waals surface area contributed by atoms with Crippen LogP contribution in [0.5, 0.6) is 0 Å². The van der Waals surface area contributed by atoms with Crippen molar-refractivity contribution in [2.45, 2.75) is 6.92 Å². The molecule has 8 heavy (non-hydrogen) atoms. The lowest BCUT2D eigenvalue weighted by Gasteiger charge is -1.96. The molecule has 0 radical (unpaired) electrons. The van der Waals surface area contributed by atoms with Crippen molar-refractivity contribution in [2.75, 3.05) is 19.4 Å². The molecule has 0 spiro atoms. The Kier molecular flexibility index (Phi) is 4.98. The fraction of sp³-hybridized carbons (Fsp3) is 0.800. The molecular formula is C5H12NOP. The predicted octanol–water partition coefficient (Wildman–Crippen LogP) is 0.431. The van der Waals surface area contributed by atoms with Gasteiger partial charge in [0, 0.05) is 13.5 Å². The highest BCUT2D eigenvalue weighted by atomic mass is 31.1. The molecule has 1 amide bonds. The minimum Gasteiger partial charge on any atom is -0.356 e. The van der Waals surface area contributed by atoms with E-state index in [1.807, 2.05) is 0 Å². The molecule has 48 valence electrons. The van der Waals surface area contributed by atoms with E-state index in [4.69, 9.17) is 0 Å². The lowest BCUT2D eigenvalue weighted by atomic mass is 10.6. The number of nitrogens with one attached hydrogen (secondary N) is 1. The fourth-order valence-electron chi connectivity index (χ4n) is 0.364. The maximum Gasteiger partial charge on any atom is 0.216 e. The zero-order valence-corrected chi connectivity index (χ0v) is 6.32. The summed E-state index contributed by atoms with van der Waals surface area (Å²) >= 11 is 0. The number of carbonyl (C=O) groups is 1. The second-order valence-electron chi connectivity index (χ2n) is 1.59. The molecule has 0 saturated carbocycles. The minimum atomic E-state index is 0.0725. The van der Waals surface area contributed by atoms with Crippen molar-refractivity contribution in [3.05, 3.63) is 0 Å². The summed E-state index contributed by atoms with van der Waals surface area (Å²) in [4.78, 5) is 10.2. The standard InChI is InChI=1S/C5H12NOP/c1-5(7)6-3-4-8-2/h8H,3-4H2,1-2H3,(H,6,7). The molecule has 0 heterocycles. The van der Waals surface area contributed by atoms with Gasteiger partial charge in [-0.15, -0.1) is 8.58 Å². The van der Waals surface area contributed by atoms with Crippen LogP contribution in [0.25, 0.3) is 0 Å². The summed E-state index contributed by atoms with van der Waals surface area (Å²) in [6.07, 6.45) is 1.11. The third kappa shape index (κ3) is 5.90. The van der Waals surface area contributed by atoms with Crippen molar-refractivity contribution >= 4 is 14.5 Å². The maximum absolute atomic E-state index is 10.2. The van der Waals surface area contributed by atoms with E-state index in [-0.39, 0.29) is 5.91 Å². The largest absolute Gasteiger partial charge is 0.356 e. The van der Waals surface area contributed by atoms with Gasteiger partial charge in [-0.3, -0.25) is 4.79 Å². The normalized spacial score (nSPS) is 10.2. The van der Waals surface area contributed by atoms with E-state index in [2.05, 4.69) is 12.0 Å². The Hall–Kier alpha value is -0.100. The molecule has 3 heteroatoms. The summed E-state index contributed by atoms with van der Waals surface area (Å²) in [5, 5.41) is 2.71. The van der Waals surface area contributed by atoms with Crippen LogP contribution in [0.2, 0.25) is 0 Å². The Morgan fingerprint density at radius 2 is 2.38 bits per heavy atom. The van der Waals surface area contributed by atoms with E-state index in [0.717, 1.165) is 21.3 Å². The summed E-state index contributed by atoms with van der Waals surface area (Å²) < 4.78 is 0. The quantitative estimate of drug-likeness (QED) is 0.439. The second-order valence-corrected chi connectivity index (χ2v) is 2.79. The van der Waals surface area contributed by atoms with Gasteiger partial charge >= 0.3 is 0 Å². The van der Waals surface area contributed by atoms with Gasteiger partial charge in [-0.2, -0.15) is 0 Å². The van der Waals surface area contributed by atoms with E-state index in [0.29, 0.717) is 0 Å². The van der Waals surface area contributed by atoms with Crippen LogP contribution in [0.4, 0.5) is 0 Å². The molecule has 2 nitrogen and oxygen atoms in total. The molecule has 0 aliphatic carbocycles. The molecule has 1 atom stereocenters. The van der Waals surface area contributed by atoms with Crippen LogP contribution < -0.4 is 5.32 Å². The summed E-state index contributed by atoms with van der Waals surface area (Å²) in [5.74, 6) is 0.0725. The van der Waals surface area contributed by atoms with E-state index < -0.39 is 0 Å². The Bertz CT molecular complexity index is 74.8. The molecule has 0 saturated heterocycles. The molecule has 0 fully saturated rings. The van der Waals surface area contributed by atoms with Gasteiger partial charge in [0.15, 0.2) is 0 Å². The fourth-order valence-corrected chi connectivity index (χ4v) is 0.739. The van der Waals surface area contributed by atoms with Crippen LogP contribution in [-0.2, 0) is 4.79 Å². The summed E-state index contributed by atoms with van der Waals surface area (Å²) in [7, 11) is 0.943. The molecule has 1 N–H and O–H groups in total. The maximum atomic E-state index is 10.2. The van der Waals surface area contributed by atoms with Crippen LogP contribution in [-0.4, -0.2) is 25.3 Å². The lowest BCUT2D eigenvalue weighted by molar-refractivity contribution is -0.118. The summed E-state index contributed by atoms with van der Waals surface area (Å²) in [6, 6.07) is 0. The van der Waals surface area contributed by atoms with Crippen LogP contribution in [0.3, 0.4) is 0 Å². The van der Waals surface area contributed by atoms with E-state index in [1.54, 1.807) is 6.92 Å². The van der Waals surface area contributed by atoms with Crippen molar-refractivity contribution in [3.8, 4) is 0 Å². The zero-order valence-electron chi connectivity index (χ0n) is 5.32. The van der Waals surface area contributed by atoms with Gasteiger partial charge in [0.05, 0.1) is 0 Å². The van der Waals surface area contributed by atoms with Crippen LogP contribution in [0, 0.1) is 0 Å². The first kappa shape index (κ1) is 7.90. The first-order valence-electron chi connectivity index (χ1n) is 2.66. The van der Waals surface area contributed by atoms with E-state index >= 15 is 0 Å². The van der Waals surface area contributed by atoms with Crippen LogP contribution >= 0.6 is 8.58 Å². The Labute approximate surface area is 51.8 Å². The molecular weight excluding hydrogens is 121 g/mol. The first-order chi connectivity index (χ1) is 3.77. The average Bonchev–Trinajstić information content (AvgIpc) is 1.66. The van der Waals surface area contributed by atoms with Crippen molar-refractivity contribution in [1.82, 2.24) is 5.32 Å². The Morgan fingerprint density at radius 3 is 2.75 bits per heavy atom. The van der Waals surface area contributed by atoms with Gasteiger partial charge in [-0.05, 0) is 12.8 Å². The average molecular weight is 133 g/mol. The highest BCUT2D eigenvalue weighted by molar-refractivity contribution is 7.37. The molecule has 0 bridgehead atoms. The number of hydrogen-bond donors (Lipinski definition) is 1. The number of amides is 1. The number of rotatable bonds is 3. The highest BCUT2D eigenvalue weighted by Crippen LogP contribution is 1.96. The van der Waals surface area contributed by atoms with Crippen LogP contribution in [0.15, 0.2) is 0 Å². The van der Waals surface area contributed by atoms with Gasteiger partial charge in [0.1, 0.15) is 0 Å². The monoisotopic (exact) mass is 133 g/mol. The predicted molar refractivity (Wildman–Crippen MR) is 37.8 cm³/mol. The Morgan fingerprint density at radius 1 is 1.75 bits per heavy atom. The van der Waals surface area contributed by atoms with Crippen LogP contribution in [0.1, 0.15) is 6.92 Å². The van der Waals surface area contributed by atoms with E-state index in [9.17, 15) is 4.79 Å². The SMILES string of the molecule is CPCCNC(C)=O. The van der Waals surface area contributed by atoms with Gasteiger partial charge < -0.3 is 5.32 Å². The van der Waals surface area contributed by atoms with Crippen molar-refractivity contribution in [2.24, 2.45) is 0 Å². The summed E-state index contributed by atoms with van der Waals surface area (Å²) in [6.45, 7) is 4.50. The van der Waals surface area contributed by atoms with Gasteiger partial charge in [-0.1, -0.05) is 0 Å². The smallest absolute Gasteiger partial charge is 0.216 e. The van der Waals surface area contributed by atoms with Crippen molar-refractivity contribution in [1.29, 1.82) is 0 Å². The highest BCUT2D eigenvalue weighted by Gasteiger charge is 1.85. The molecule has 0 aromatic heterocycles. The molecule has 0 aliphatic rings. The molecule has 0 aliphatic heterocycles. The first-order valence-corrected chi connectivity index (χ1v) is 4.37. The zero-order chi connectivity index (χ0) is 6.41. The number of carbonyl (C=O) groups excluding carboxylic acids is 1. The van der Waals surface area contributed by atoms with Gasteiger partial charge in [0.2, 0.25) is 5.91 Å². The van der Waals surface area contributed by atoms with Gasteiger partial charge in [0.25, 0.3) is 0 Å². The third-order valence-corrected chi connectivity index (χ3v) is 1.50. The lowest BCUT2D eigenvalue weighted by Crippen LogP contribution is -2.21. The Balaban J connectivity index is 2.82. The van der Waals surface area contributed by atoms with Crippen molar-refractivity contribution < 1.29 is 4.79 Å². The molecule has 1 unspecified atom stereocenters. The van der Waals surface area contributed by atoms with Gasteiger partial charge in [-0.25, -0.2) is 0 Å². The second kappa shape index (κ2) is 5.04. The third-order valence-electron chi connectivity index (χ3n) is 0.749. The minimum absolute atomic E-state index is 0.0725.